The van der Waals surface area contributed by atoms with E-state index in [9.17, 15) is 0 Å². The second-order valence-corrected chi connectivity index (χ2v) is 1.87. The molecule has 1 aromatic rings. The van der Waals surface area contributed by atoms with Crippen LogP contribution in [0.15, 0.2) is 12.4 Å². The molecule has 0 saturated heterocycles. The summed E-state index contributed by atoms with van der Waals surface area (Å²) in [6, 6.07) is 2.00. The summed E-state index contributed by atoms with van der Waals surface area (Å²) >= 11 is 0. The molecule has 0 aromatic carbocycles. The van der Waals surface area contributed by atoms with E-state index in [0.717, 1.165) is 5.56 Å². The number of nitrogens with zero attached hydrogens (tertiary/aromatic N) is 3. The van der Waals surface area contributed by atoms with E-state index >= 15 is 0 Å². The molecule has 0 radical (unpaired) electrons. The van der Waals surface area contributed by atoms with E-state index in [2.05, 4.69) is 5.10 Å². The van der Waals surface area contributed by atoms with Gasteiger partial charge < -0.3 is 0 Å². The van der Waals surface area contributed by atoms with Crippen LogP contribution >= 0.6 is 0 Å². The molecule has 0 spiro atoms. The van der Waals surface area contributed by atoms with Crippen molar-refractivity contribution in [1.82, 2.24) is 9.78 Å². The van der Waals surface area contributed by atoms with E-state index in [1.165, 1.54) is 0 Å². The number of hydrogen-bond donors (Lipinski definition) is 0. The van der Waals surface area contributed by atoms with Crippen LogP contribution in [0.2, 0.25) is 0 Å². The van der Waals surface area contributed by atoms with Gasteiger partial charge in [-0.25, -0.2) is 0 Å². The van der Waals surface area contributed by atoms with E-state index < -0.39 is 0 Å². The second-order valence-electron chi connectivity index (χ2n) is 1.87. The lowest BCUT2D eigenvalue weighted by Crippen LogP contribution is -1.93. The minimum atomic E-state index is 0.341. The van der Waals surface area contributed by atoms with Crippen LogP contribution < -0.4 is 0 Å². The van der Waals surface area contributed by atoms with Crippen molar-refractivity contribution in [3.05, 3.63) is 18.0 Å². The summed E-state index contributed by atoms with van der Waals surface area (Å²) in [7, 11) is 0. The lowest BCUT2D eigenvalue weighted by Gasteiger charge is -1.86. The van der Waals surface area contributed by atoms with Gasteiger partial charge in [0.05, 0.1) is 12.3 Å². The van der Waals surface area contributed by atoms with E-state index in [-0.39, 0.29) is 0 Å². The van der Waals surface area contributed by atoms with E-state index in [0.29, 0.717) is 6.54 Å². The molecule has 0 aliphatic rings. The van der Waals surface area contributed by atoms with Crippen molar-refractivity contribution in [2.45, 2.75) is 13.5 Å². The van der Waals surface area contributed by atoms with Crippen molar-refractivity contribution >= 4 is 0 Å². The zero-order chi connectivity index (χ0) is 6.69. The Labute approximate surface area is 53.5 Å². The average Bonchev–Trinajstić information content (AvgIpc) is 2.17. The van der Waals surface area contributed by atoms with Crippen LogP contribution in [0.5, 0.6) is 0 Å². The predicted octanol–water partition coefficient (Wildman–Crippen LogP) is 0.715. The fourth-order valence-electron chi connectivity index (χ4n) is 0.626. The van der Waals surface area contributed by atoms with Crippen molar-refractivity contribution < 1.29 is 0 Å². The van der Waals surface area contributed by atoms with Gasteiger partial charge in [0.25, 0.3) is 0 Å². The van der Waals surface area contributed by atoms with Gasteiger partial charge in [0.1, 0.15) is 6.54 Å². The Balaban J connectivity index is 2.76. The van der Waals surface area contributed by atoms with Gasteiger partial charge in [0.15, 0.2) is 0 Å². The lowest BCUT2D eigenvalue weighted by molar-refractivity contribution is 0.709. The zero-order valence-corrected chi connectivity index (χ0v) is 5.20. The van der Waals surface area contributed by atoms with Crippen LogP contribution in [0.4, 0.5) is 0 Å². The molecule has 0 bridgehead atoms. The van der Waals surface area contributed by atoms with Crippen molar-refractivity contribution in [1.29, 1.82) is 5.26 Å². The van der Waals surface area contributed by atoms with Crippen LogP contribution in [0.1, 0.15) is 5.56 Å². The molecule has 1 heterocycles. The SMILES string of the molecule is Cc1cnn(CC#N)c1. The summed E-state index contributed by atoms with van der Waals surface area (Å²) in [5, 5.41) is 12.1. The van der Waals surface area contributed by atoms with Crippen molar-refractivity contribution in [3.8, 4) is 6.07 Å². The van der Waals surface area contributed by atoms with Gasteiger partial charge in [0, 0.05) is 6.20 Å². The molecule has 0 unspecified atom stereocenters. The third kappa shape index (κ3) is 1.29. The molecule has 1 aromatic heterocycles. The zero-order valence-electron chi connectivity index (χ0n) is 5.20. The standard InChI is InChI=1S/C6H7N3/c1-6-4-8-9(5-6)3-2-7/h4-5H,3H2,1H3. The van der Waals surface area contributed by atoms with Crippen LogP contribution in [0.25, 0.3) is 0 Å². The molecule has 0 fully saturated rings. The molecule has 0 saturated carbocycles. The largest absolute Gasteiger partial charge is 0.258 e. The number of nitriles is 1. The molecule has 0 atom stereocenters. The molecular weight excluding hydrogens is 114 g/mol. The first-order valence-corrected chi connectivity index (χ1v) is 2.69. The summed E-state index contributed by atoms with van der Waals surface area (Å²) in [5.41, 5.74) is 1.09. The maximum atomic E-state index is 8.22. The second kappa shape index (κ2) is 2.31. The van der Waals surface area contributed by atoms with Gasteiger partial charge in [-0.05, 0) is 12.5 Å². The van der Waals surface area contributed by atoms with Crippen LogP contribution in [0.3, 0.4) is 0 Å². The number of rotatable bonds is 1. The maximum Gasteiger partial charge on any atom is 0.128 e. The van der Waals surface area contributed by atoms with Crippen molar-refractivity contribution in [2.75, 3.05) is 0 Å². The molecule has 0 amide bonds. The summed E-state index contributed by atoms with van der Waals surface area (Å²) in [6.07, 6.45) is 3.57. The average molecular weight is 121 g/mol. The Morgan fingerprint density at radius 1 is 1.89 bits per heavy atom. The highest BCUT2D eigenvalue weighted by atomic mass is 15.3. The van der Waals surface area contributed by atoms with Gasteiger partial charge in [-0.15, -0.1) is 0 Å². The Hall–Kier alpha value is -1.30. The van der Waals surface area contributed by atoms with Crippen molar-refractivity contribution in [3.63, 3.8) is 0 Å². The Morgan fingerprint density at radius 3 is 3.11 bits per heavy atom. The summed E-state index contributed by atoms with van der Waals surface area (Å²) in [4.78, 5) is 0. The van der Waals surface area contributed by atoms with E-state index in [1.54, 1.807) is 10.9 Å². The molecule has 1 rings (SSSR count). The Kier molecular flexibility index (Phi) is 1.50. The fraction of sp³-hybridized carbons (Fsp3) is 0.333. The molecule has 0 aliphatic heterocycles. The minimum absolute atomic E-state index is 0.341. The molecule has 9 heavy (non-hydrogen) atoms. The number of aryl methyl sites for hydroxylation is 1. The first-order chi connectivity index (χ1) is 4.33. The molecule has 46 valence electrons. The Morgan fingerprint density at radius 2 is 2.67 bits per heavy atom. The normalized spacial score (nSPS) is 8.89. The van der Waals surface area contributed by atoms with Crippen LogP contribution in [-0.2, 0) is 6.54 Å². The van der Waals surface area contributed by atoms with Gasteiger partial charge in [-0.3, -0.25) is 4.68 Å². The predicted molar refractivity (Wildman–Crippen MR) is 32.6 cm³/mol. The van der Waals surface area contributed by atoms with Gasteiger partial charge >= 0.3 is 0 Å². The molecule has 3 heteroatoms. The maximum absolute atomic E-state index is 8.22. The fourth-order valence-corrected chi connectivity index (χ4v) is 0.626. The quantitative estimate of drug-likeness (QED) is 0.549. The summed E-state index contributed by atoms with van der Waals surface area (Å²) in [5.74, 6) is 0. The highest BCUT2D eigenvalue weighted by molar-refractivity contribution is 5.00. The molecular formula is C6H7N3. The number of aromatic nitrogens is 2. The third-order valence-corrected chi connectivity index (χ3v) is 0.995. The topological polar surface area (TPSA) is 41.6 Å². The lowest BCUT2D eigenvalue weighted by atomic mass is 10.4. The van der Waals surface area contributed by atoms with Gasteiger partial charge in [-0.2, -0.15) is 10.4 Å². The van der Waals surface area contributed by atoms with Crippen molar-refractivity contribution in [2.24, 2.45) is 0 Å². The summed E-state index contributed by atoms with van der Waals surface area (Å²) in [6.45, 7) is 2.29. The Bertz CT molecular complexity index is 231. The molecule has 3 nitrogen and oxygen atoms in total. The highest BCUT2D eigenvalue weighted by Gasteiger charge is 1.88. The van der Waals surface area contributed by atoms with Gasteiger partial charge in [0.2, 0.25) is 0 Å². The molecule has 0 N–H and O–H groups in total. The highest BCUT2D eigenvalue weighted by Crippen LogP contribution is 1.92. The smallest absolute Gasteiger partial charge is 0.128 e. The monoisotopic (exact) mass is 121 g/mol. The third-order valence-electron chi connectivity index (χ3n) is 0.995. The minimum Gasteiger partial charge on any atom is -0.258 e. The van der Waals surface area contributed by atoms with E-state index in [4.69, 9.17) is 5.26 Å². The number of hydrogen-bond acceptors (Lipinski definition) is 2. The van der Waals surface area contributed by atoms with E-state index in [1.807, 2.05) is 19.2 Å². The van der Waals surface area contributed by atoms with Crippen LogP contribution in [-0.4, -0.2) is 9.78 Å². The molecule has 0 aliphatic carbocycles. The van der Waals surface area contributed by atoms with Gasteiger partial charge in [-0.1, -0.05) is 0 Å². The first kappa shape index (κ1) is 5.83. The summed E-state index contributed by atoms with van der Waals surface area (Å²) < 4.78 is 1.61. The first-order valence-electron chi connectivity index (χ1n) is 2.69. The van der Waals surface area contributed by atoms with Crippen LogP contribution in [0, 0.1) is 18.3 Å².